The number of amides is 1. The number of nitrogens with two attached hydrogens (primary N) is 1. The summed E-state index contributed by atoms with van der Waals surface area (Å²) >= 11 is 6.05. The summed E-state index contributed by atoms with van der Waals surface area (Å²) in [5, 5.41) is 3.34. The highest BCUT2D eigenvalue weighted by molar-refractivity contribution is 6.31. The predicted octanol–water partition coefficient (Wildman–Crippen LogP) is 3.73. The minimum atomic E-state index is -0.272. The van der Waals surface area contributed by atoms with Crippen LogP contribution in [0.2, 0.25) is 5.02 Å². The first kappa shape index (κ1) is 16.6. The van der Waals surface area contributed by atoms with E-state index in [1.165, 1.54) is 0 Å². The van der Waals surface area contributed by atoms with E-state index in [0.717, 1.165) is 19.4 Å². The fourth-order valence-corrected chi connectivity index (χ4v) is 2.73. The first-order valence-electron chi connectivity index (χ1n) is 7.82. The number of hydrogen-bond donors (Lipinski definition) is 2. The van der Waals surface area contributed by atoms with Crippen LogP contribution in [0.25, 0.3) is 0 Å². The van der Waals surface area contributed by atoms with Crippen LogP contribution in [-0.4, -0.2) is 25.2 Å². The zero-order valence-corrected chi connectivity index (χ0v) is 13.9. The van der Waals surface area contributed by atoms with Crippen LogP contribution in [0.3, 0.4) is 0 Å². The first-order chi connectivity index (χ1) is 11.6. The molecule has 1 aliphatic heterocycles. The van der Waals surface area contributed by atoms with Crippen LogP contribution in [0, 0.1) is 0 Å². The molecule has 0 radical (unpaired) electrons. The molecule has 0 aliphatic carbocycles. The van der Waals surface area contributed by atoms with Gasteiger partial charge < -0.3 is 20.5 Å². The third-order valence-electron chi connectivity index (χ3n) is 3.79. The molecule has 1 fully saturated rings. The van der Waals surface area contributed by atoms with E-state index < -0.39 is 0 Å². The SMILES string of the molecule is Nc1cccc(C(=O)Nc2cc(Cl)ccc2OCC2CCCO2)c1. The summed E-state index contributed by atoms with van der Waals surface area (Å²) < 4.78 is 11.4. The van der Waals surface area contributed by atoms with E-state index in [0.29, 0.717) is 34.3 Å². The summed E-state index contributed by atoms with van der Waals surface area (Å²) in [4.78, 5) is 12.4. The Balaban J connectivity index is 1.73. The van der Waals surface area contributed by atoms with Crippen LogP contribution >= 0.6 is 11.6 Å². The summed E-state index contributed by atoms with van der Waals surface area (Å²) in [5.41, 5.74) is 7.25. The monoisotopic (exact) mass is 346 g/mol. The van der Waals surface area contributed by atoms with Gasteiger partial charge in [-0.2, -0.15) is 0 Å². The van der Waals surface area contributed by atoms with Crippen LogP contribution in [-0.2, 0) is 4.74 Å². The molecular weight excluding hydrogens is 328 g/mol. The predicted molar refractivity (Wildman–Crippen MR) is 94.7 cm³/mol. The van der Waals surface area contributed by atoms with Gasteiger partial charge in [0.25, 0.3) is 5.91 Å². The highest BCUT2D eigenvalue weighted by atomic mass is 35.5. The molecule has 2 aromatic carbocycles. The molecule has 1 saturated heterocycles. The number of nitrogen functional groups attached to an aromatic ring is 1. The van der Waals surface area contributed by atoms with E-state index >= 15 is 0 Å². The second kappa shape index (κ2) is 7.55. The van der Waals surface area contributed by atoms with Gasteiger partial charge in [0.2, 0.25) is 0 Å². The van der Waals surface area contributed by atoms with E-state index in [2.05, 4.69) is 5.32 Å². The molecule has 1 unspecified atom stereocenters. The van der Waals surface area contributed by atoms with E-state index in [1.54, 1.807) is 42.5 Å². The third kappa shape index (κ3) is 4.19. The lowest BCUT2D eigenvalue weighted by molar-refractivity contribution is 0.0682. The quantitative estimate of drug-likeness (QED) is 0.809. The molecule has 3 N–H and O–H groups in total. The first-order valence-corrected chi connectivity index (χ1v) is 8.20. The molecule has 1 atom stereocenters. The standard InChI is InChI=1S/C18H19ClN2O3/c19-13-6-7-17(24-11-15-5-2-8-23-15)16(10-13)21-18(22)12-3-1-4-14(20)9-12/h1,3-4,6-7,9-10,15H,2,5,8,11,20H2,(H,21,22). The number of carbonyl (C=O) groups excluding carboxylic acids is 1. The summed E-state index contributed by atoms with van der Waals surface area (Å²) in [7, 11) is 0. The van der Waals surface area contributed by atoms with Gasteiger partial charge in [0, 0.05) is 22.9 Å². The maximum Gasteiger partial charge on any atom is 0.255 e. The Morgan fingerprint density at radius 2 is 2.21 bits per heavy atom. The van der Waals surface area contributed by atoms with Gasteiger partial charge in [0.1, 0.15) is 12.4 Å². The fourth-order valence-electron chi connectivity index (χ4n) is 2.56. The Labute approximate surface area is 145 Å². The third-order valence-corrected chi connectivity index (χ3v) is 4.02. The van der Waals surface area contributed by atoms with E-state index in [1.807, 2.05) is 0 Å². The van der Waals surface area contributed by atoms with Gasteiger partial charge in [-0.05, 0) is 49.2 Å². The van der Waals surface area contributed by atoms with Crippen molar-refractivity contribution in [3.8, 4) is 5.75 Å². The Morgan fingerprint density at radius 3 is 2.96 bits per heavy atom. The number of hydrogen-bond acceptors (Lipinski definition) is 4. The van der Waals surface area contributed by atoms with Crippen LogP contribution in [0.15, 0.2) is 42.5 Å². The molecule has 126 valence electrons. The van der Waals surface area contributed by atoms with Gasteiger partial charge in [0.05, 0.1) is 11.8 Å². The van der Waals surface area contributed by atoms with Gasteiger partial charge in [-0.15, -0.1) is 0 Å². The average Bonchev–Trinajstić information content (AvgIpc) is 3.07. The van der Waals surface area contributed by atoms with E-state index in [-0.39, 0.29) is 12.0 Å². The minimum Gasteiger partial charge on any atom is -0.489 e. The van der Waals surface area contributed by atoms with Crippen molar-refractivity contribution in [2.75, 3.05) is 24.3 Å². The number of halogens is 1. The van der Waals surface area contributed by atoms with E-state index in [9.17, 15) is 4.79 Å². The highest BCUT2D eigenvalue weighted by Gasteiger charge is 2.17. The number of nitrogens with one attached hydrogen (secondary N) is 1. The highest BCUT2D eigenvalue weighted by Crippen LogP contribution is 2.29. The van der Waals surface area contributed by atoms with Crippen molar-refractivity contribution in [2.24, 2.45) is 0 Å². The lowest BCUT2D eigenvalue weighted by Crippen LogP contribution is -2.18. The number of benzene rings is 2. The Morgan fingerprint density at radius 1 is 1.33 bits per heavy atom. The Kier molecular flexibility index (Phi) is 5.23. The smallest absolute Gasteiger partial charge is 0.255 e. The Bertz CT molecular complexity index is 730. The maximum absolute atomic E-state index is 12.4. The molecule has 0 bridgehead atoms. The van der Waals surface area contributed by atoms with E-state index in [4.69, 9.17) is 26.8 Å². The summed E-state index contributed by atoms with van der Waals surface area (Å²) in [6, 6.07) is 11.9. The topological polar surface area (TPSA) is 73.6 Å². The van der Waals surface area contributed by atoms with Crippen LogP contribution in [0.5, 0.6) is 5.75 Å². The average molecular weight is 347 g/mol. The summed E-state index contributed by atoms with van der Waals surface area (Å²) in [6.07, 6.45) is 2.13. The zero-order valence-electron chi connectivity index (χ0n) is 13.1. The molecule has 1 aliphatic rings. The van der Waals surface area contributed by atoms with Crippen LogP contribution in [0.1, 0.15) is 23.2 Å². The van der Waals surface area contributed by atoms with Crippen molar-refractivity contribution < 1.29 is 14.3 Å². The molecule has 2 aromatic rings. The number of anilines is 2. The number of carbonyl (C=O) groups is 1. The molecule has 0 spiro atoms. The molecule has 0 saturated carbocycles. The molecule has 24 heavy (non-hydrogen) atoms. The lowest BCUT2D eigenvalue weighted by atomic mass is 10.2. The zero-order chi connectivity index (χ0) is 16.9. The molecule has 1 heterocycles. The molecule has 6 heteroatoms. The molecule has 3 rings (SSSR count). The molecule has 1 amide bonds. The van der Waals surface area contributed by atoms with Crippen molar-refractivity contribution in [2.45, 2.75) is 18.9 Å². The number of rotatable bonds is 5. The van der Waals surface area contributed by atoms with Crippen molar-refractivity contribution >= 4 is 28.9 Å². The van der Waals surface area contributed by atoms with Gasteiger partial charge in [-0.1, -0.05) is 17.7 Å². The molecule has 5 nitrogen and oxygen atoms in total. The lowest BCUT2D eigenvalue weighted by Gasteiger charge is -2.15. The van der Waals surface area contributed by atoms with Crippen LogP contribution in [0.4, 0.5) is 11.4 Å². The number of ether oxygens (including phenoxy) is 2. The normalized spacial score (nSPS) is 16.8. The van der Waals surface area contributed by atoms with Crippen molar-refractivity contribution in [3.63, 3.8) is 0 Å². The van der Waals surface area contributed by atoms with Crippen molar-refractivity contribution in [1.29, 1.82) is 0 Å². The summed E-state index contributed by atoms with van der Waals surface area (Å²) in [6.45, 7) is 1.22. The largest absolute Gasteiger partial charge is 0.489 e. The maximum atomic E-state index is 12.4. The second-order valence-electron chi connectivity index (χ2n) is 5.67. The summed E-state index contributed by atoms with van der Waals surface area (Å²) in [5.74, 6) is 0.290. The van der Waals surface area contributed by atoms with Crippen molar-refractivity contribution in [1.82, 2.24) is 0 Å². The van der Waals surface area contributed by atoms with Crippen molar-refractivity contribution in [3.05, 3.63) is 53.1 Å². The second-order valence-corrected chi connectivity index (χ2v) is 6.10. The fraction of sp³-hybridized carbons (Fsp3) is 0.278. The molecular formula is C18H19ClN2O3. The minimum absolute atomic E-state index is 0.0955. The Hall–Kier alpha value is -2.24. The van der Waals surface area contributed by atoms with Gasteiger partial charge >= 0.3 is 0 Å². The van der Waals surface area contributed by atoms with Gasteiger partial charge in [0.15, 0.2) is 0 Å². The van der Waals surface area contributed by atoms with Gasteiger partial charge in [-0.25, -0.2) is 0 Å². The van der Waals surface area contributed by atoms with Gasteiger partial charge in [-0.3, -0.25) is 4.79 Å². The molecule has 0 aromatic heterocycles. The van der Waals surface area contributed by atoms with Crippen LogP contribution < -0.4 is 15.8 Å².